The molecule has 0 saturated carbocycles. The quantitative estimate of drug-likeness (QED) is 0.303. The second kappa shape index (κ2) is 10.7. The molecule has 1 heterocycles. The lowest BCUT2D eigenvalue weighted by Crippen LogP contribution is -2.50. The number of piperidine rings is 1. The summed E-state index contributed by atoms with van der Waals surface area (Å²) in [5.41, 5.74) is 5.14. The first-order chi connectivity index (χ1) is 17.1. The normalized spacial score (nSPS) is 16.6. The largest absolute Gasteiger partial charge is 0.303 e. The summed E-state index contributed by atoms with van der Waals surface area (Å²) in [5, 5.41) is 0. The predicted molar refractivity (Wildman–Crippen MR) is 152 cm³/mol. The number of carbonyl (C=O) groups excluding carboxylic acids is 1. The van der Waals surface area contributed by atoms with Crippen LogP contribution in [0.3, 0.4) is 0 Å². The topological polar surface area (TPSA) is 20.3 Å². The summed E-state index contributed by atoms with van der Waals surface area (Å²) in [6.07, 6.45) is 3.84. The van der Waals surface area contributed by atoms with Crippen LogP contribution in [0.2, 0.25) is 0 Å². The Morgan fingerprint density at radius 2 is 1.25 bits per heavy atom. The molecule has 0 unspecified atom stereocenters. The number of carbonyl (C=O) groups is 1. The van der Waals surface area contributed by atoms with Crippen LogP contribution < -0.4 is 0 Å². The Hall–Kier alpha value is -2.71. The van der Waals surface area contributed by atoms with Crippen molar-refractivity contribution in [2.75, 3.05) is 19.6 Å². The smallest absolute Gasteiger partial charge is 0.162 e. The third-order valence-corrected chi connectivity index (χ3v) is 8.82. The number of rotatable bonds is 8. The molecule has 3 aromatic rings. The number of hydrogen-bond donors (Lipinski definition) is 0. The molecule has 0 radical (unpaired) electrons. The Labute approximate surface area is 218 Å². The average Bonchev–Trinajstić information content (AvgIpc) is 2.90. The summed E-state index contributed by atoms with van der Waals surface area (Å²) >= 11 is 0. The molecule has 0 N–H and O–H groups in total. The number of benzene rings is 3. The van der Waals surface area contributed by atoms with E-state index < -0.39 is 0 Å². The first kappa shape index (κ1) is 26.4. The zero-order valence-electron chi connectivity index (χ0n) is 22.9. The summed E-state index contributed by atoms with van der Waals surface area (Å²) < 4.78 is 0. The molecule has 0 bridgehead atoms. The number of Topliss-reactive ketones (excluding diaryl/α,β-unsaturated/α-hetero) is 1. The van der Waals surface area contributed by atoms with E-state index in [0.717, 1.165) is 44.5 Å². The van der Waals surface area contributed by atoms with Crippen molar-refractivity contribution in [2.24, 2.45) is 5.41 Å². The molecular weight excluding hydrogens is 438 g/mol. The van der Waals surface area contributed by atoms with Gasteiger partial charge in [-0.3, -0.25) is 4.79 Å². The molecular formula is C34H43NO. The van der Waals surface area contributed by atoms with Crippen LogP contribution in [0.25, 0.3) is 0 Å². The van der Waals surface area contributed by atoms with Crippen molar-refractivity contribution in [1.29, 1.82) is 0 Å². The van der Waals surface area contributed by atoms with Gasteiger partial charge in [-0.2, -0.15) is 0 Å². The SMILES string of the molecule is CC(C)(C)c1ccc(C(=O)CCCN2CCC(C)(C(C)(c3ccccc3)c3ccccc3)CC2)cc1. The van der Waals surface area contributed by atoms with Crippen LogP contribution in [-0.4, -0.2) is 30.3 Å². The summed E-state index contributed by atoms with van der Waals surface area (Å²) in [4.78, 5) is 15.3. The van der Waals surface area contributed by atoms with Crippen LogP contribution in [0, 0.1) is 5.41 Å². The number of ketones is 1. The van der Waals surface area contributed by atoms with Gasteiger partial charge < -0.3 is 4.90 Å². The van der Waals surface area contributed by atoms with E-state index in [4.69, 9.17) is 0 Å². The van der Waals surface area contributed by atoms with E-state index in [0.29, 0.717) is 6.42 Å². The molecule has 2 nitrogen and oxygen atoms in total. The molecule has 1 fully saturated rings. The van der Waals surface area contributed by atoms with Gasteiger partial charge in [-0.05, 0) is 66.4 Å². The Kier molecular flexibility index (Phi) is 7.85. The molecule has 0 amide bonds. The molecule has 1 saturated heterocycles. The van der Waals surface area contributed by atoms with Crippen molar-refractivity contribution >= 4 is 5.78 Å². The number of hydrogen-bond acceptors (Lipinski definition) is 2. The minimum atomic E-state index is -0.0448. The van der Waals surface area contributed by atoms with Gasteiger partial charge in [0.2, 0.25) is 0 Å². The Morgan fingerprint density at radius 3 is 1.72 bits per heavy atom. The van der Waals surface area contributed by atoms with Gasteiger partial charge in [-0.1, -0.05) is 120 Å². The molecule has 1 aliphatic heterocycles. The zero-order valence-corrected chi connectivity index (χ0v) is 22.9. The molecule has 1 aliphatic rings. The lowest BCUT2D eigenvalue weighted by Gasteiger charge is -2.52. The minimum Gasteiger partial charge on any atom is -0.303 e. The van der Waals surface area contributed by atoms with Crippen LogP contribution in [0.4, 0.5) is 0 Å². The molecule has 0 aliphatic carbocycles. The third kappa shape index (κ3) is 5.49. The predicted octanol–water partition coefficient (Wildman–Crippen LogP) is 8.06. The van der Waals surface area contributed by atoms with Gasteiger partial charge in [0, 0.05) is 17.4 Å². The van der Waals surface area contributed by atoms with Gasteiger partial charge in [0.1, 0.15) is 0 Å². The van der Waals surface area contributed by atoms with E-state index in [1.165, 1.54) is 16.7 Å². The lowest BCUT2D eigenvalue weighted by atomic mass is 9.55. The van der Waals surface area contributed by atoms with Crippen molar-refractivity contribution in [2.45, 2.75) is 71.1 Å². The summed E-state index contributed by atoms with van der Waals surface area (Å²) in [5.74, 6) is 0.262. The fourth-order valence-corrected chi connectivity index (χ4v) is 5.94. The fraction of sp³-hybridized carbons (Fsp3) is 0.441. The maximum Gasteiger partial charge on any atom is 0.162 e. The minimum absolute atomic E-state index is 0.0448. The number of likely N-dealkylation sites (tertiary alicyclic amines) is 1. The molecule has 0 spiro atoms. The first-order valence-electron chi connectivity index (χ1n) is 13.6. The van der Waals surface area contributed by atoms with Gasteiger partial charge in [-0.25, -0.2) is 0 Å². The maximum absolute atomic E-state index is 12.8. The molecule has 4 rings (SSSR count). The fourth-order valence-electron chi connectivity index (χ4n) is 5.94. The van der Waals surface area contributed by atoms with E-state index in [9.17, 15) is 4.79 Å². The molecule has 190 valence electrons. The molecule has 2 heteroatoms. The van der Waals surface area contributed by atoms with Gasteiger partial charge in [0.25, 0.3) is 0 Å². The van der Waals surface area contributed by atoms with E-state index in [-0.39, 0.29) is 22.0 Å². The highest BCUT2D eigenvalue weighted by Crippen LogP contribution is 2.52. The van der Waals surface area contributed by atoms with Crippen molar-refractivity contribution in [3.8, 4) is 0 Å². The van der Waals surface area contributed by atoms with Crippen LogP contribution in [0.15, 0.2) is 84.9 Å². The highest BCUT2D eigenvalue weighted by atomic mass is 16.1. The first-order valence-corrected chi connectivity index (χ1v) is 13.6. The Morgan fingerprint density at radius 1 is 0.750 bits per heavy atom. The van der Waals surface area contributed by atoms with Crippen LogP contribution >= 0.6 is 0 Å². The molecule has 3 aromatic carbocycles. The molecule has 36 heavy (non-hydrogen) atoms. The van der Waals surface area contributed by atoms with E-state index in [1.807, 2.05) is 12.1 Å². The van der Waals surface area contributed by atoms with Crippen molar-refractivity contribution in [3.05, 3.63) is 107 Å². The van der Waals surface area contributed by atoms with Crippen LogP contribution in [-0.2, 0) is 10.8 Å². The van der Waals surface area contributed by atoms with Crippen molar-refractivity contribution in [3.63, 3.8) is 0 Å². The van der Waals surface area contributed by atoms with Gasteiger partial charge in [-0.15, -0.1) is 0 Å². The summed E-state index contributed by atoms with van der Waals surface area (Å²) in [6.45, 7) is 14.7. The third-order valence-electron chi connectivity index (χ3n) is 8.82. The monoisotopic (exact) mass is 481 g/mol. The summed E-state index contributed by atoms with van der Waals surface area (Å²) in [6, 6.07) is 30.3. The molecule has 0 aromatic heterocycles. The van der Waals surface area contributed by atoms with Gasteiger partial charge >= 0.3 is 0 Å². The lowest BCUT2D eigenvalue weighted by molar-refractivity contribution is 0.0645. The van der Waals surface area contributed by atoms with E-state index >= 15 is 0 Å². The van der Waals surface area contributed by atoms with E-state index in [2.05, 4.69) is 112 Å². The Balaban J connectivity index is 1.36. The second-order valence-corrected chi connectivity index (χ2v) is 12.1. The number of nitrogens with zero attached hydrogens (tertiary/aromatic N) is 1. The van der Waals surface area contributed by atoms with Crippen LogP contribution in [0.5, 0.6) is 0 Å². The zero-order chi connectivity index (χ0) is 25.8. The Bertz CT molecular complexity index is 1080. The summed E-state index contributed by atoms with van der Waals surface area (Å²) in [7, 11) is 0. The van der Waals surface area contributed by atoms with Crippen LogP contribution in [0.1, 0.15) is 87.4 Å². The van der Waals surface area contributed by atoms with Crippen molar-refractivity contribution in [1.82, 2.24) is 4.90 Å². The van der Waals surface area contributed by atoms with Crippen molar-refractivity contribution < 1.29 is 4.79 Å². The maximum atomic E-state index is 12.8. The average molecular weight is 482 g/mol. The second-order valence-electron chi connectivity index (χ2n) is 12.1. The van der Waals surface area contributed by atoms with E-state index in [1.54, 1.807) is 0 Å². The highest BCUT2D eigenvalue weighted by Gasteiger charge is 2.48. The standard InChI is InChI=1S/C34H43NO/c1-32(2,3)28-20-18-27(19-21-28)31(36)17-12-24-35-25-22-33(4,23-26-35)34(5,29-13-8-6-9-14-29)30-15-10-7-11-16-30/h6-11,13-16,18-21H,12,17,22-26H2,1-5H3. The van der Waals surface area contributed by atoms with Gasteiger partial charge in [0.15, 0.2) is 5.78 Å². The van der Waals surface area contributed by atoms with Gasteiger partial charge in [0.05, 0.1) is 0 Å². The highest BCUT2D eigenvalue weighted by molar-refractivity contribution is 5.96. The molecule has 0 atom stereocenters.